The lowest BCUT2D eigenvalue weighted by atomic mass is 10.1. The van der Waals surface area contributed by atoms with E-state index >= 15 is 0 Å². The fraction of sp³-hybridized carbons (Fsp3) is 0.533. The highest BCUT2D eigenvalue weighted by Gasteiger charge is 2.32. The van der Waals surface area contributed by atoms with Crippen LogP contribution in [0.2, 0.25) is 0 Å². The highest BCUT2D eigenvalue weighted by molar-refractivity contribution is 6.16. The summed E-state index contributed by atoms with van der Waals surface area (Å²) in [6, 6.07) is 3.71. The molecule has 1 unspecified atom stereocenters. The van der Waals surface area contributed by atoms with Crippen LogP contribution in [0.15, 0.2) is 18.2 Å². The monoisotopic (exact) mass is 316 g/mol. The van der Waals surface area contributed by atoms with Crippen molar-refractivity contribution in [3.63, 3.8) is 0 Å². The first-order valence-electron chi connectivity index (χ1n) is 7.02. The van der Waals surface area contributed by atoms with Gasteiger partial charge in [-0.2, -0.15) is 13.2 Å². The summed E-state index contributed by atoms with van der Waals surface area (Å²) in [5.41, 5.74) is 0.422. The van der Waals surface area contributed by atoms with Crippen LogP contribution in [-0.4, -0.2) is 9.55 Å². The average Bonchev–Trinajstić information content (AvgIpc) is 3.21. The lowest BCUT2D eigenvalue weighted by molar-refractivity contribution is -0.137. The highest BCUT2D eigenvalue weighted by Crippen LogP contribution is 2.38. The number of fused-ring (bicyclic) bond motifs is 1. The van der Waals surface area contributed by atoms with Crippen molar-refractivity contribution in [3.05, 3.63) is 29.6 Å². The Morgan fingerprint density at radius 3 is 2.67 bits per heavy atom. The van der Waals surface area contributed by atoms with Crippen LogP contribution in [0.1, 0.15) is 31.2 Å². The predicted octanol–water partition coefficient (Wildman–Crippen LogP) is 4.84. The number of rotatable bonds is 4. The van der Waals surface area contributed by atoms with Crippen LogP contribution >= 0.6 is 11.6 Å². The molecule has 1 saturated carbocycles. The number of hydrogen-bond donors (Lipinski definition) is 0. The summed E-state index contributed by atoms with van der Waals surface area (Å²) in [5, 5.41) is 0. The van der Waals surface area contributed by atoms with Crippen LogP contribution in [0.4, 0.5) is 13.2 Å². The number of imidazole rings is 1. The first kappa shape index (κ1) is 14.7. The van der Waals surface area contributed by atoms with E-state index in [-0.39, 0.29) is 5.88 Å². The number of hydrogen-bond acceptors (Lipinski definition) is 1. The Hall–Kier alpha value is -1.23. The third-order valence-corrected chi connectivity index (χ3v) is 4.41. The lowest BCUT2D eigenvalue weighted by Crippen LogP contribution is -2.11. The summed E-state index contributed by atoms with van der Waals surface area (Å²) < 4.78 is 40.3. The van der Waals surface area contributed by atoms with E-state index in [9.17, 15) is 13.2 Å². The van der Waals surface area contributed by atoms with Crippen LogP contribution < -0.4 is 0 Å². The summed E-state index contributed by atoms with van der Waals surface area (Å²) >= 11 is 5.91. The van der Waals surface area contributed by atoms with Crippen molar-refractivity contribution in [2.24, 2.45) is 11.8 Å². The largest absolute Gasteiger partial charge is 0.416 e. The fourth-order valence-electron chi connectivity index (χ4n) is 2.76. The maximum Gasteiger partial charge on any atom is 0.416 e. The van der Waals surface area contributed by atoms with Gasteiger partial charge in [-0.15, -0.1) is 11.6 Å². The molecule has 1 aromatic heterocycles. The number of benzene rings is 1. The van der Waals surface area contributed by atoms with E-state index in [1.54, 1.807) is 0 Å². The lowest BCUT2D eigenvalue weighted by Gasteiger charge is -2.14. The minimum absolute atomic E-state index is 0.202. The Bertz CT molecular complexity index is 659. The number of halogens is 4. The second kappa shape index (κ2) is 5.20. The molecule has 3 rings (SSSR count). The van der Waals surface area contributed by atoms with Crippen molar-refractivity contribution >= 4 is 22.6 Å². The fourth-order valence-corrected chi connectivity index (χ4v) is 2.97. The molecule has 6 heteroatoms. The van der Waals surface area contributed by atoms with Gasteiger partial charge in [-0.05, 0) is 42.9 Å². The van der Waals surface area contributed by atoms with Gasteiger partial charge in [0.1, 0.15) is 5.82 Å². The molecule has 0 saturated heterocycles. The van der Waals surface area contributed by atoms with Gasteiger partial charge in [0.25, 0.3) is 0 Å². The summed E-state index contributed by atoms with van der Waals surface area (Å²) in [4.78, 5) is 4.27. The minimum Gasteiger partial charge on any atom is -0.327 e. The van der Waals surface area contributed by atoms with E-state index in [0.29, 0.717) is 17.3 Å². The second-order valence-corrected chi connectivity index (χ2v) is 6.06. The van der Waals surface area contributed by atoms with Crippen LogP contribution in [0, 0.1) is 11.8 Å². The Kier molecular flexibility index (Phi) is 3.64. The Balaban J connectivity index is 2.01. The Morgan fingerprint density at radius 1 is 1.38 bits per heavy atom. The van der Waals surface area contributed by atoms with Crippen LogP contribution in [0.25, 0.3) is 11.0 Å². The van der Waals surface area contributed by atoms with Crippen molar-refractivity contribution in [1.29, 1.82) is 0 Å². The zero-order valence-electron chi connectivity index (χ0n) is 11.6. The molecule has 114 valence electrons. The molecular formula is C15H16ClF3N2. The SMILES string of the molecule is CC(Cn1c(CCl)nc2cc(C(F)(F)F)ccc21)C1CC1. The maximum atomic E-state index is 12.8. The van der Waals surface area contributed by atoms with E-state index in [1.165, 1.54) is 18.9 Å². The van der Waals surface area contributed by atoms with Gasteiger partial charge < -0.3 is 4.57 Å². The van der Waals surface area contributed by atoms with E-state index in [1.807, 2.05) is 4.57 Å². The molecular weight excluding hydrogens is 301 g/mol. The maximum absolute atomic E-state index is 12.8. The molecule has 0 aliphatic heterocycles. The third-order valence-electron chi connectivity index (χ3n) is 4.17. The normalized spacial score (nSPS) is 17.4. The van der Waals surface area contributed by atoms with Gasteiger partial charge in [-0.3, -0.25) is 0 Å². The first-order valence-corrected chi connectivity index (χ1v) is 7.56. The smallest absolute Gasteiger partial charge is 0.327 e. The molecule has 0 amide bonds. The molecule has 2 aromatic rings. The summed E-state index contributed by atoms with van der Waals surface area (Å²) in [6.45, 7) is 2.93. The number of nitrogens with zero attached hydrogens (tertiary/aromatic N) is 2. The van der Waals surface area contributed by atoms with E-state index < -0.39 is 11.7 Å². The van der Waals surface area contributed by atoms with E-state index in [4.69, 9.17) is 11.6 Å². The van der Waals surface area contributed by atoms with Gasteiger partial charge in [0.15, 0.2) is 0 Å². The third kappa shape index (κ3) is 2.89. The van der Waals surface area contributed by atoms with Crippen molar-refractivity contribution < 1.29 is 13.2 Å². The summed E-state index contributed by atoms with van der Waals surface area (Å²) in [7, 11) is 0. The molecule has 2 nitrogen and oxygen atoms in total. The van der Waals surface area contributed by atoms with Gasteiger partial charge in [0, 0.05) is 6.54 Å². The molecule has 0 spiro atoms. The van der Waals surface area contributed by atoms with E-state index in [0.717, 1.165) is 30.1 Å². The molecule has 1 aromatic carbocycles. The first-order chi connectivity index (χ1) is 9.90. The van der Waals surface area contributed by atoms with Crippen molar-refractivity contribution in [2.75, 3.05) is 0 Å². The van der Waals surface area contributed by atoms with Crippen LogP contribution in [-0.2, 0) is 18.6 Å². The van der Waals surface area contributed by atoms with Crippen molar-refractivity contribution in [3.8, 4) is 0 Å². The average molecular weight is 317 g/mol. The standard InChI is InChI=1S/C15H16ClF3N2/c1-9(10-2-3-10)8-21-13-5-4-11(15(17,18)19)6-12(13)20-14(21)7-16/h4-6,9-10H,2-3,7-8H2,1H3. The minimum atomic E-state index is -4.35. The molecule has 0 N–H and O–H groups in total. The quantitative estimate of drug-likeness (QED) is 0.738. The number of aromatic nitrogens is 2. The molecule has 0 bridgehead atoms. The summed E-state index contributed by atoms with van der Waals surface area (Å²) in [5.74, 6) is 2.05. The Morgan fingerprint density at radius 2 is 2.10 bits per heavy atom. The molecule has 0 radical (unpaired) electrons. The van der Waals surface area contributed by atoms with Gasteiger partial charge in [-0.1, -0.05) is 6.92 Å². The molecule has 1 aliphatic carbocycles. The second-order valence-electron chi connectivity index (χ2n) is 5.79. The Labute approximate surface area is 125 Å². The van der Waals surface area contributed by atoms with Gasteiger partial charge in [-0.25, -0.2) is 4.98 Å². The van der Waals surface area contributed by atoms with Gasteiger partial charge in [0.2, 0.25) is 0 Å². The molecule has 1 fully saturated rings. The van der Waals surface area contributed by atoms with Crippen LogP contribution in [0.5, 0.6) is 0 Å². The number of alkyl halides is 4. The van der Waals surface area contributed by atoms with Crippen molar-refractivity contribution in [2.45, 2.75) is 38.4 Å². The zero-order valence-corrected chi connectivity index (χ0v) is 12.4. The predicted molar refractivity (Wildman–Crippen MR) is 76.2 cm³/mol. The molecule has 1 heterocycles. The van der Waals surface area contributed by atoms with Gasteiger partial charge >= 0.3 is 6.18 Å². The topological polar surface area (TPSA) is 17.8 Å². The molecule has 21 heavy (non-hydrogen) atoms. The van der Waals surface area contributed by atoms with Gasteiger partial charge in [0.05, 0.1) is 22.5 Å². The van der Waals surface area contributed by atoms with E-state index in [2.05, 4.69) is 11.9 Å². The summed E-state index contributed by atoms with van der Waals surface area (Å²) in [6.07, 6.45) is -1.87. The zero-order chi connectivity index (χ0) is 15.2. The van der Waals surface area contributed by atoms with Crippen LogP contribution in [0.3, 0.4) is 0 Å². The van der Waals surface area contributed by atoms with Crippen molar-refractivity contribution in [1.82, 2.24) is 9.55 Å². The highest BCUT2D eigenvalue weighted by atomic mass is 35.5. The molecule has 1 atom stereocenters. The molecule has 1 aliphatic rings.